The Morgan fingerprint density at radius 1 is 1.12 bits per heavy atom. The number of nitrogens with one attached hydrogen (secondary N) is 1. The third-order valence-corrected chi connectivity index (χ3v) is 5.82. The summed E-state index contributed by atoms with van der Waals surface area (Å²) in [6.07, 6.45) is 7.73. The average molecular weight is 361 g/mol. The Bertz CT molecular complexity index is 567. The van der Waals surface area contributed by atoms with E-state index in [1.807, 2.05) is 12.1 Å². The van der Waals surface area contributed by atoms with Crippen molar-refractivity contribution < 1.29 is 19.2 Å². The van der Waals surface area contributed by atoms with Gasteiger partial charge in [-0.3, -0.25) is 0 Å². The van der Waals surface area contributed by atoms with Crippen molar-refractivity contribution in [3.8, 4) is 5.75 Å². The first-order chi connectivity index (χ1) is 12.6. The van der Waals surface area contributed by atoms with Crippen LogP contribution in [0.15, 0.2) is 24.3 Å². The van der Waals surface area contributed by atoms with Crippen LogP contribution in [0.1, 0.15) is 62.7 Å². The Morgan fingerprint density at radius 3 is 2.65 bits per heavy atom. The molecule has 2 aliphatic rings. The van der Waals surface area contributed by atoms with Crippen LogP contribution in [0.5, 0.6) is 5.75 Å². The summed E-state index contributed by atoms with van der Waals surface area (Å²) in [6.45, 7) is 8.14. The molecule has 0 bridgehead atoms. The van der Waals surface area contributed by atoms with E-state index in [-0.39, 0.29) is 5.97 Å². The lowest BCUT2D eigenvalue weighted by Gasteiger charge is -2.41. The van der Waals surface area contributed by atoms with Crippen molar-refractivity contribution in [1.29, 1.82) is 0 Å². The third-order valence-electron chi connectivity index (χ3n) is 5.82. The lowest BCUT2D eigenvalue weighted by Crippen LogP contribution is -3.18. The van der Waals surface area contributed by atoms with Gasteiger partial charge in [0.05, 0.1) is 37.9 Å². The summed E-state index contributed by atoms with van der Waals surface area (Å²) in [6, 6.07) is 8.10. The zero-order valence-electron chi connectivity index (χ0n) is 16.3. The molecule has 144 valence electrons. The number of quaternary nitrogens is 1. The highest BCUT2D eigenvalue weighted by Crippen LogP contribution is 2.23. The van der Waals surface area contributed by atoms with Crippen LogP contribution in [0.25, 0.3) is 0 Å². The SMILES string of the molecule is CC(C)COc1ccc(C(=O)OCC[C@@H]2CCC[NH+]3CCCC[C@H]23)cc1. The Balaban J connectivity index is 1.43. The number of esters is 1. The molecule has 0 aromatic heterocycles. The number of benzene rings is 1. The highest BCUT2D eigenvalue weighted by atomic mass is 16.5. The highest BCUT2D eigenvalue weighted by Gasteiger charge is 2.36. The van der Waals surface area contributed by atoms with Crippen LogP contribution in [-0.4, -0.2) is 38.3 Å². The molecule has 2 saturated heterocycles. The van der Waals surface area contributed by atoms with Gasteiger partial charge in [-0.25, -0.2) is 4.79 Å². The van der Waals surface area contributed by atoms with Crippen molar-refractivity contribution in [1.82, 2.24) is 0 Å². The molecule has 0 amide bonds. The zero-order valence-corrected chi connectivity index (χ0v) is 16.3. The van der Waals surface area contributed by atoms with Gasteiger partial charge < -0.3 is 14.4 Å². The van der Waals surface area contributed by atoms with Gasteiger partial charge in [0.15, 0.2) is 0 Å². The minimum absolute atomic E-state index is 0.218. The quantitative estimate of drug-likeness (QED) is 0.760. The molecule has 1 aromatic rings. The van der Waals surface area contributed by atoms with Crippen molar-refractivity contribution >= 4 is 5.97 Å². The fraction of sp³-hybridized carbons (Fsp3) is 0.682. The number of carbonyl (C=O) groups is 1. The Morgan fingerprint density at radius 2 is 1.88 bits per heavy atom. The molecular formula is C22H34NO3+. The number of hydrogen-bond donors (Lipinski definition) is 1. The van der Waals surface area contributed by atoms with Crippen LogP contribution in [0.3, 0.4) is 0 Å². The van der Waals surface area contributed by atoms with Crippen LogP contribution in [0.4, 0.5) is 0 Å². The molecule has 2 aliphatic heterocycles. The maximum Gasteiger partial charge on any atom is 0.338 e. The Labute approximate surface area is 157 Å². The first-order valence-corrected chi connectivity index (χ1v) is 10.4. The summed E-state index contributed by atoms with van der Waals surface area (Å²) < 4.78 is 11.2. The van der Waals surface area contributed by atoms with Gasteiger partial charge in [0, 0.05) is 5.92 Å². The molecule has 4 nitrogen and oxygen atoms in total. The van der Waals surface area contributed by atoms with Crippen LogP contribution >= 0.6 is 0 Å². The predicted octanol–water partition coefficient (Wildman–Crippen LogP) is 3.12. The predicted molar refractivity (Wildman–Crippen MR) is 103 cm³/mol. The summed E-state index contributed by atoms with van der Waals surface area (Å²) >= 11 is 0. The standard InChI is InChI=1S/C22H33NO3/c1-17(2)16-26-20-10-8-19(9-11-20)22(24)25-15-12-18-6-5-14-23-13-4-3-7-21(18)23/h8-11,17-18,21H,3-7,12-16H2,1-2H3/p+1/t18-,21+/m0/s1. The number of ether oxygens (including phenoxy) is 2. The van der Waals surface area contributed by atoms with Crippen LogP contribution in [0, 0.1) is 11.8 Å². The molecule has 4 heteroatoms. The summed E-state index contributed by atoms with van der Waals surface area (Å²) in [4.78, 5) is 14.1. The number of rotatable bonds is 7. The second kappa shape index (κ2) is 9.40. The van der Waals surface area contributed by atoms with Gasteiger partial charge in [-0.15, -0.1) is 0 Å². The molecule has 1 N–H and O–H groups in total. The summed E-state index contributed by atoms with van der Waals surface area (Å²) in [5.41, 5.74) is 0.607. The molecule has 26 heavy (non-hydrogen) atoms. The number of piperidine rings is 2. The highest BCUT2D eigenvalue weighted by molar-refractivity contribution is 5.89. The van der Waals surface area contributed by atoms with E-state index in [1.54, 1.807) is 17.0 Å². The smallest absolute Gasteiger partial charge is 0.338 e. The first kappa shape index (κ1) is 19.2. The molecule has 1 aromatic carbocycles. The minimum Gasteiger partial charge on any atom is -0.493 e. The zero-order chi connectivity index (χ0) is 18.4. The minimum atomic E-state index is -0.218. The number of hydrogen-bond acceptors (Lipinski definition) is 3. The van der Waals surface area contributed by atoms with Crippen molar-refractivity contribution in [2.75, 3.05) is 26.3 Å². The molecule has 0 radical (unpaired) electrons. The molecule has 2 heterocycles. The molecule has 2 fully saturated rings. The Kier molecular flexibility index (Phi) is 6.95. The molecular weight excluding hydrogens is 326 g/mol. The van der Waals surface area contributed by atoms with Crippen molar-refractivity contribution in [3.63, 3.8) is 0 Å². The molecule has 1 unspecified atom stereocenters. The lowest BCUT2D eigenvalue weighted by molar-refractivity contribution is -0.940. The van der Waals surface area contributed by atoms with E-state index in [2.05, 4.69) is 13.8 Å². The molecule has 3 atom stereocenters. The molecule has 0 spiro atoms. The van der Waals surface area contributed by atoms with Gasteiger partial charge in [-0.1, -0.05) is 13.8 Å². The maximum absolute atomic E-state index is 12.3. The van der Waals surface area contributed by atoms with Gasteiger partial charge >= 0.3 is 5.97 Å². The summed E-state index contributed by atoms with van der Waals surface area (Å²) in [7, 11) is 0. The van der Waals surface area contributed by atoms with Crippen molar-refractivity contribution in [2.24, 2.45) is 11.8 Å². The topological polar surface area (TPSA) is 40.0 Å². The monoisotopic (exact) mass is 360 g/mol. The largest absolute Gasteiger partial charge is 0.493 e. The van der Waals surface area contributed by atoms with Gasteiger partial charge in [0.2, 0.25) is 0 Å². The van der Waals surface area contributed by atoms with Crippen LogP contribution in [0.2, 0.25) is 0 Å². The van der Waals surface area contributed by atoms with E-state index in [0.29, 0.717) is 24.7 Å². The molecule has 0 aliphatic carbocycles. The van der Waals surface area contributed by atoms with E-state index in [4.69, 9.17) is 9.47 Å². The van der Waals surface area contributed by atoms with Crippen LogP contribution in [-0.2, 0) is 4.74 Å². The van der Waals surface area contributed by atoms with Gasteiger partial charge in [-0.2, -0.15) is 0 Å². The van der Waals surface area contributed by atoms with Crippen molar-refractivity contribution in [2.45, 2.75) is 58.4 Å². The van der Waals surface area contributed by atoms with E-state index >= 15 is 0 Å². The molecule has 3 rings (SSSR count). The van der Waals surface area contributed by atoms with Gasteiger partial charge in [0.1, 0.15) is 5.75 Å². The maximum atomic E-state index is 12.3. The van der Waals surface area contributed by atoms with E-state index in [9.17, 15) is 4.79 Å². The Hall–Kier alpha value is -1.55. The average Bonchev–Trinajstić information content (AvgIpc) is 2.67. The molecule has 0 saturated carbocycles. The third kappa shape index (κ3) is 5.23. The first-order valence-electron chi connectivity index (χ1n) is 10.4. The summed E-state index contributed by atoms with van der Waals surface area (Å²) in [5.74, 6) is 1.79. The van der Waals surface area contributed by atoms with E-state index in [0.717, 1.165) is 24.1 Å². The van der Waals surface area contributed by atoms with Gasteiger partial charge in [-0.05, 0) is 68.7 Å². The van der Waals surface area contributed by atoms with Crippen molar-refractivity contribution in [3.05, 3.63) is 29.8 Å². The lowest BCUT2D eigenvalue weighted by atomic mass is 9.82. The number of fused-ring (bicyclic) bond motifs is 1. The second-order valence-electron chi connectivity index (χ2n) is 8.32. The second-order valence-corrected chi connectivity index (χ2v) is 8.32. The van der Waals surface area contributed by atoms with Gasteiger partial charge in [0.25, 0.3) is 0 Å². The van der Waals surface area contributed by atoms with E-state index in [1.165, 1.54) is 45.2 Å². The fourth-order valence-electron chi connectivity index (χ4n) is 4.46. The fourth-order valence-corrected chi connectivity index (χ4v) is 4.46. The van der Waals surface area contributed by atoms with E-state index < -0.39 is 0 Å². The number of carbonyl (C=O) groups excluding carboxylic acids is 1. The summed E-state index contributed by atoms with van der Waals surface area (Å²) in [5, 5.41) is 0. The normalized spacial score (nSPS) is 25.6. The van der Waals surface area contributed by atoms with Crippen LogP contribution < -0.4 is 9.64 Å².